The lowest BCUT2D eigenvalue weighted by molar-refractivity contribution is 0.187. The molecule has 2 N–H and O–H groups in total. The molecule has 0 saturated carbocycles. The molecule has 2 aromatic rings. The number of hydrogen-bond acceptors (Lipinski definition) is 4. The first-order valence-electron chi connectivity index (χ1n) is 7.94. The average Bonchev–Trinajstić information content (AvgIpc) is 2.61. The lowest BCUT2D eigenvalue weighted by atomic mass is 10.1. The lowest BCUT2D eigenvalue weighted by Crippen LogP contribution is -2.42. The predicted molar refractivity (Wildman–Crippen MR) is 102 cm³/mol. The van der Waals surface area contributed by atoms with Crippen LogP contribution in [0.5, 0.6) is 11.5 Å². The van der Waals surface area contributed by atoms with Crippen molar-refractivity contribution < 1.29 is 14.6 Å². The van der Waals surface area contributed by atoms with E-state index in [1.807, 2.05) is 38.1 Å². The summed E-state index contributed by atoms with van der Waals surface area (Å²) in [4.78, 5) is 0. The number of nitrogens with one attached hydrogen (secondary N) is 1. The second kappa shape index (κ2) is 8.77. The predicted octanol–water partition coefficient (Wildman–Crippen LogP) is 4.44. The molecule has 0 saturated heterocycles. The van der Waals surface area contributed by atoms with E-state index >= 15 is 0 Å². The number of aliphatic hydroxyl groups is 1. The van der Waals surface area contributed by atoms with Crippen LogP contribution in [0.1, 0.15) is 25.0 Å². The first-order chi connectivity index (χ1) is 11.8. The minimum atomic E-state index is -0.337. The van der Waals surface area contributed by atoms with Gasteiger partial charge in [0.15, 0.2) is 11.5 Å². The van der Waals surface area contributed by atoms with Gasteiger partial charge in [0.05, 0.1) is 23.8 Å². The monoisotopic (exact) mass is 383 g/mol. The zero-order chi connectivity index (χ0) is 18.4. The van der Waals surface area contributed by atoms with Gasteiger partial charge in [0, 0.05) is 12.1 Å². The van der Waals surface area contributed by atoms with Gasteiger partial charge in [-0.2, -0.15) is 0 Å². The van der Waals surface area contributed by atoms with E-state index in [-0.39, 0.29) is 12.1 Å². The smallest absolute Gasteiger partial charge is 0.161 e. The third-order valence-corrected chi connectivity index (χ3v) is 4.51. The number of methoxy groups -OCH3 is 1. The molecular weight excluding hydrogens is 361 g/mol. The molecule has 0 aromatic heterocycles. The quantitative estimate of drug-likeness (QED) is 0.707. The molecule has 136 valence electrons. The average molecular weight is 384 g/mol. The Labute approximate surface area is 158 Å². The van der Waals surface area contributed by atoms with Gasteiger partial charge in [-0.3, -0.25) is 0 Å². The van der Waals surface area contributed by atoms with Crippen LogP contribution in [0.2, 0.25) is 10.0 Å². The summed E-state index contributed by atoms with van der Waals surface area (Å²) in [7, 11) is 1.61. The maximum atomic E-state index is 9.31. The van der Waals surface area contributed by atoms with Crippen molar-refractivity contribution in [3.63, 3.8) is 0 Å². The Kier molecular flexibility index (Phi) is 6.96. The molecule has 25 heavy (non-hydrogen) atoms. The summed E-state index contributed by atoms with van der Waals surface area (Å²) in [6, 6.07) is 11.2. The molecule has 0 amide bonds. The summed E-state index contributed by atoms with van der Waals surface area (Å²) in [6.07, 6.45) is 0. The van der Waals surface area contributed by atoms with Crippen molar-refractivity contribution in [2.45, 2.75) is 32.5 Å². The van der Waals surface area contributed by atoms with Crippen LogP contribution in [0, 0.1) is 0 Å². The van der Waals surface area contributed by atoms with Crippen molar-refractivity contribution in [1.82, 2.24) is 5.32 Å². The highest BCUT2D eigenvalue weighted by Crippen LogP contribution is 2.30. The van der Waals surface area contributed by atoms with E-state index < -0.39 is 0 Å². The Hall–Kier alpha value is -1.46. The van der Waals surface area contributed by atoms with Crippen molar-refractivity contribution >= 4 is 23.2 Å². The zero-order valence-corrected chi connectivity index (χ0v) is 16.1. The van der Waals surface area contributed by atoms with E-state index in [4.69, 9.17) is 32.7 Å². The zero-order valence-electron chi connectivity index (χ0n) is 14.6. The van der Waals surface area contributed by atoms with Gasteiger partial charge in [-0.1, -0.05) is 35.3 Å². The van der Waals surface area contributed by atoms with E-state index in [0.29, 0.717) is 34.7 Å². The first-order valence-corrected chi connectivity index (χ1v) is 8.70. The number of benzene rings is 2. The minimum Gasteiger partial charge on any atom is -0.493 e. The van der Waals surface area contributed by atoms with E-state index in [9.17, 15) is 5.11 Å². The van der Waals surface area contributed by atoms with Gasteiger partial charge in [0.25, 0.3) is 0 Å². The second-order valence-corrected chi connectivity index (χ2v) is 7.23. The molecule has 2 aromatic carbocycles. The van der Waals surface area contributed by atoms with Crippen LogP contribution in [-0.4, -0.2) is 24.4 Å². The number of ether oxygens (including phenoxy) is 2. The summed E-state index contributed by atoms with van der Waals surface area (Å²) in [6.45, 7) is 4.94. The normalized spacial score (nSPS) is 11.4. The van der Waals surface area contributed by atoms with Crippen molar-refractivity contribution in [3.05, 3.63) is 57.6 Å². The minimum absolute atomic E-state index is 0.0645. The highest BCUT2D eigenvalue weighted by Gasteiger charge is 2.15. The molecule has 0 unspecified atom stereocenters. The Balaban J connectivity index is 2.04. The number of aliphatic hydroxyl groups excluding tert-OH is 1. The van der Waals surface area contributed by atoms with E-state index in [1.165, 1.54) is 0 Å². The van der Waals surface area contributed by atoms with Crippen LogP contribution in [0.4, 0.5) is 0 Å². The van der Waals surface area contributed by atoms with Gasteiger partial charge in [-0.25, -0.2) is 0 Å². The number of halogens is 2. The highest BCUT2D eigenvalue weighted by molar-refractivity contribution is 6.42. The summed E-state index contributed by atoms with van der Waals surface area (Å²) in [5.74, 6) is 1.31. The lowest BCUT2D eigenvalue weighted by Gasteiger charge is -2.23. The molecule has 6 heteroatoms. The fourth-order valence-electron chi connectivity index (χ4n) is 2.13. The molecule has 0 heterocycles. The fourth-order valence-corrected chi connectivity index (χ4v) is 2.45. The molecule has 0 fully saturated rings. The van der Waals surface area contributed by atoms with Crippen LogP contribution in [0.15, 0.2) is 36.4 Å². The Bertz CT molecular complexity index is 720. The fraction of sp³-hybridized carbons (Fsp3) is 0.368. The van der Waals surface area contributed by atoms with Crippen molar-refractivity contribution in [3.8, 4) is 11.5 Å². The van der Waals surface area contributed by atoms with Gasteiger partial charge in [0.2, 0.25) is 0 Å². The van der Waals surface area contributed by atoms with Crippen LogP contribution in [0.25, 0.3) is 0 Å². The first kappa shape index (κ1) is 19.9. The van der Waals surface area contributed by atoms with Gasteiger partial charge >= 0.3 is 0 Å². The molecule has 0 spiro atoms. The maximum Gasteiger partial charge on any atom is 0.161 e. The molecule has 4 nitrogen and oxygen atoms in total. The van der Waals surface area contributed by atoms with E-state index in [2.05, 4.69) is 5.32 Å². The van der Waals surface area contributed by atoms with Gasteiger partial charge in [-0.15, -0.1) is 0 Å². The third-order valence-electron chi connectivity index (χ3n) is 3.77. The van der Waals surface area contributed by atoms with Crippen molar-refractivity contribution in [2.75, 3.05) is 13.7 Å². The Morgan fingerprint density at radius 1 is 1.00 bits per heavy atom. The summed E-state index contributed by atoms with van der Waals surface area (Å²) >= 11 is 11.9. The van der Waals surface area contributed by atoms with E-state index in [1.54, 1.807) is 19.2 Å². The van der Waals surface area contributed by atoms with Crippen molar-refractivity contribution in [1.29, 1.82) is 0 Å². The maximum absolute atomic E-state index is 9.31. The molecule has 0 aliphatic rings. The third kappa shape index (κ3) is 5.79. The Morgan fingerprint density at radius 2 is 1.72 bits per heavy atom. The van der Waals surface area contributed by atoms with Crippen LogP contribution >= 0.6 is 23.2 Å². The Morgan fingerprint density at radius 3 is 2.36 bits per heavy atom. The van der Waals surface area contributed by atoms with Crippen LogP contribution < -0.4 is 14.8 Å². The molecule has 2 rings (SSSR count). The van der Waals surface area contributed by atoms with Crippen LogP contribution in [-0.2, 0) is 13.2 Å². The summed E-state index contributed by atoms with van der Waals surface area (Å²) in [5.41, 5.74) is 1.63. The van der Waals surface area contributed by atoms with Crippen molar-refractivity contribution in [2.24, 2.45) is 0 Å². The molecule has 0 aliphatic heterocycles. The topological polar surface area (TPSA) is 50.7 Å². The molecule has 0 bridgehead atoms. The van der Waals surface area contributed by atoms with Gasteiger partial charge < -0.3 is 19.9 Å². The molecule has 0 aliphatic carbocycles. The SMILES string of the molecule is COc1cc(CNC(C)(C)CO)ccc1OCc1ccc(Cl)c(Cl)c1. The van der Waals surface area contributed by atoms with E-state index in [0.717, 1.165) is 11.1 Å². The summed E-state index contributed by atoms with van der Waals surface area (Å²) in [5, 5.41) is 13.6. The molecular formula is C19H23Cl2NO3. The number of hydrogen-bond donors (Lipinski definition) is 2. The summed E-state index contributed by atoms with van der Waals surface area (Å²) < 4.78 is 11.3. The van der Waals surface area contributed by atoms with Gasteiger partial charge in [-0.05, 0) is 49.2 Å². The molecule has 0 atom stereocenters. The second-order valence-electron chi connectivity index (χ2n) is 6.42. The van der Waals surface area contributed by atoms with Crippen LogP contribution in [0.3, 0.4) is 0 Å². The standard InChI is InChI=1S/C19H23Cl2NO3/c1-19(2,12-23)22-10-13-5-7-17(18(9-13)24-3)25-11-14-4-6-15(20)16(21)8-14/h4-9,22-23H,10-12H2,1-3H3. The van der Waals surface area contributed by atoms with Gasteiger partial charge in [0.1, 0.15) is 6.61 Å². The molecule has 0 radical (unpaired) electrons. The largest absolute Gasteiger partial charge is 0.493 e. The highest BCUT2D eigenvalue weighted by atomic mass is 35.5. The number of rotatable bonds is 8.